The third kappa shape index (κ3) is 1.57. The summed E-state index contributed by atoms with van der Waals surface area (Å²) in [5.41, 5.74) is 0.704. The second-order valence-corrected chi connectivity index (χ2v) is 2.40. The molecule has 0 saturated carbocycles. The number of aromatic amines is 1. The number of hydrogen-bond donors (Lipinski definition) is 1. The number of methoxy groups -OCH3 is 1. The molecule has 0 aromatic carbocycles. The first-order chi connectivity index (χ1) is 6.40. The maximum atomic E-state index is 5.25. The molecule has 1 N–H and O–H groups in total. The van der Waals surface area contributed by atoms with Crippen LogP contribution >= 0.6 is 0 Å². The smallest absolute Gasteiger partial charge is 0.265 e. The second kappa shape index (κ2) is 3.36. The van der Waals surface area contributed by atoms with Crippen molar-refractivity contribution in [3.63, 3.8) is 0 Å². The van der Waals surface area contributed by atoms with Crippen LogP contribution in [0.3, 0.4) is 0 Å². The van der Waals surface area contributed by atoms with Crippen molar-refractivity contribution in [1.82, 2.24) is 20.4 Å². The fourth-order valence-electron chi connectivity index (χ4n) is 0.919. The largest absolute Gasteiger partial charge is 0.417 e. The number of nitrogens with zero attached hydrogens (tertiary/aromatic N) is 3. The molecule has 2 aromatic rings. The lowest BCUT2D eigenvalue weighted by Crippen LogP contribution is -1.85. The third-order valence-electron chi connectivity index (χ3n) is 1.47. The first-order valence-electron chi connectivity index (χ1n) is 3.71. The summed E-state index contributed by atoms with van der Waals surface area (Å²) >= 11 is 0. The monoisotopic (exact) mass is 180 g/mol. The van der Waals surface area contributed by atoms with Gasteiger partial charge in [0.25, 0.3) is 5.89 Å². The molecule has 0 atom stereocenters. The molecule has 0 bridgehead atoms. The molecule has 0 aliphatic rings. The minimum atomic E-state index is 0.321. The molecule has 2 aromatic heterocycles. The van der Waals surface area contributed by atoms with E-state index < -0.39 is 0 Å². The summed E-state index contributed by atoms with van der Waals surface area (Å²) in [5, 5.41) is 14.1. The lowest BCUT2D eigenvalue weighted by molar-refractivity contribution is 0.160. The Morgan fingerprint density at radius 2 is 2.46 bits per heavy atom. The summed E-state index contributed by atoms with van der Waals surface area (Å²) in [4.78, 5) is 0. The summed E-state index contributed by atoms with van der Waals surface area (Å²) in [6.07, 6.45) is 1.62. The van der Waals surface area contributed by atoms with Gasteiger partial charge < -0.3 is 9.15 Å². The molecule has 68 valence electrons. The molecular weight excluding hydrogens is 172 g/mol. The van der Waals surface area contributed by atoms with Gasteiger partial charge in [0.15, 0.2) is 0 Å². The highest BCUT2D eigenvalue weighted by Crippen LogP contribution is 2.13. The van der Waals surface area contributed by atoms with Gasteiger partial charge in [-0.1, -0.05) is 0 Å². The number of aromatic nitrogens is 4. The fourth-order valence-corrected chi connectivity index (χ4v) is 0.919. The normalized spacial score (nSPS) is 10.5. The van der Waals surface area contributed by atoms with Gasteiger partial charge in [0.05, 0.1) is 0 Å². The van der Waals surface area contributed by atoms with Crippen molar-refractivity contribution in [2.45, 2.75) is 6.61 Å². The summed E-state index contributed by atoms with van der Waals surface area (Å²) in [6, 6.07) is 1.75. The van der Waals surface area contributed by atoms with Crippen LogP contribution in [0.25, 0.3) is 11.6 Å². The van der Waals surface area contributed by atoms with Crippen molar-refractivity contribution in [2.24, 2.45) is 0 Å². The average molecular weight is 180 g/mol. The molecule has 0 radical (unpaired) electrons. The van der Waals surface area contributed by atoms with E-state index >= 15 is 0 Å². The van der Waals surface area contributed by atoms with Crippen molar-refractivity contribution in [1.29, 1.82) is 0 Å². The Hall–Kier alpha value is -1.69. The van der Waals surface area contributed by atoms with Crippen LogP contribution in [0.4, 0.5) is 0 Å². The van der Waals surface area contributed by atoms with E-state index in [0.29, 0.717) is 24.1 Å². The summed E-state index contributed by atoms with van der Waals surface area (Å²) < 4.78 is 10.1. The number of H-pyrrole nitrogens is 1. The number of nitrogens with one attached hydrogen (secondary N) is 1. The zero-order valence-corrected chi connectivity index (χ0v) is 7.02. The van der Waals surface area contributed by atoms with Gasteiger partial charge in [0.1, 0.15) is 12.3 Å². The van der Waals surface area contributed by atoms with Crippen LogP contribution in [0.15, 0.2) is 16.7 Å². The van der Waals surface area contributed by atoms with Crippen molar-refractivity contribution in [2.75, 3.05) is 7.11 Å². The van der Waals surface area contributed by atoms with E-state index in [2.05, 4.69) is 20.4 Å². The van der Waals surface area contributed by atoms with Crippen LogP contribution in [0.2, 0.25) is 0 Å². The maximum absolute atomic E-state index is 5.25. The number of ether oxygens (including phenoxy) is 1. The highest BCUT2D eigenvalue weighted by molar-refractivity contribution is 5.44. The fraction of sp³-hybridized carbons (Fsp3) is 0.286. The molecule has 0 aliphatic heterocycles. The molecule has 6 nitrogen and oxygen atoms in total. The zero-order valence-electron chi connectivity index (χ0n) is 7.02. The minimum Gasteiger partial charge on any atom is -0.417 e. The van der Waals surface area contributed by atoms with E-state index in [1.54, 1.807) is 19.4 Å². The van der Waals surface area contributed by atoms with E-state index in [-0.39, 0.29) is 0 Å². The van der Waals surface area contributed by atoms with Crippen LogP contribution in [-0.4, -0.2) is 27.5 Å². The van der Waals surface area contributed by atoms with Gasteiger partial charge in [0, 0.05) is 13.3 Å². The van der Waals surface area contributed by atoms with Crippen LogP contribution in [0.5, 0.6) is 0 Å². The van der Waals surface area contributed by atoms with E-state index in [9.17, 15) is 0 Å². The molecule has 0 unspecified atom stereocenters. The predicted octanol–water partition coefficient (Wildman–Crippen LogP) is 0.606. The van der Waals surface area contributed by atoms with Crippen LogP contribution in [-0.2, 0) is 11.3 Å². The Morgan fingerprint density at radius 3 is 3.15 bits per heavy atom. The van der Waals surface area contributed by atoms with Gasteiger partial charge in [-0.25, -0.2) is 0 Å². The third-order valence-corrected chi connectivity index (χ3v) is 1.47. The van der Waals surface area contributed by atoms with Gasteiger partial charge in [-0.15, -0.1) is 10.2 Å². The van der Waals surface area contributed by atoms with Gasteiger partial charge >= 0.3 is 0 Å². The minimum absolute atomic E-state index is 0.321. The van der Waals surface area contributed by atoms with Crippen molar-refractivity contribution >= 4 is 0 Å². The Balaban J connectivity index is 2.23. The first-order valence-corrected chi connectivity index (χ1v) is 3.71. The van der Waals surface area contributed by atoms with Gasteiger partial charge in [-0.05, 0) is 6.07 Å². The zero-order chi connectivity index (χ0) is 9.10. The Morgan fingerprint density at radius 1 is 1.54 bits per heavy atom. The summed E-state index contributed by atoms with van der Waals surface area (Å²) in [7, 11) is 1.57. The lowest BCUT2D eigenvalue weighted by atomic mass is 10.4. The van der Waals surface area contributed by atoms with E-state index in [1.807, 2.05) is 0 Å². The first kappa shape index (κ1) is 7.93. The predicted molar refractivity (Wildman–Crippen MR) is 42.6 cm³/mol. The molecule has 0 saturated heterocycles. The molecule has 2 rings (SSSR count). The van der Waals surface area contributed by atoms with Gasteiger partial charge in [-0.3, -0.25) is 5.10 Å². The summed E-state index contributed by atoms with van der Waals surface area (Å²) in [5.74, 6) is 0.872. The molecule has 0 aliphatic carbocycles. The molecule has 0 spiro atoms. The molecular formula is C7H8N4O2. The molecule has 6 heteroatoms. The second-order valence-electron chi connectivity index (χ2n) is 2.40. The molecule has 13 heavy (non-hydrogen) atoms. The summed E-state index contributed by atoms with van der Waals surface area (Å²) in [6.45, 7) is 0.321. The highest BCUT2D eigenvalue weighted by Gasteiger charge is 2.08. The quantitative estimate of drug-likeness (QED) is 0.748. The van der Waals surface area contributed by atoms with Gasteiger partial charge in [0.2, 0.25) is 5.89 Å². The van der Waals surface area contributed by atoms with Crippen molar-refractivity contribution in [3.05, 3.63) is 18.2 Å². The SMILES string of the molecule is COCc1nnc(-c2ccn[nH]2)o1. The van der Waals surface area contributed by atoms with Crippen LogP contribution in [0.1, 0.15) is 5.89 Å². The van der Waals surface area contributed by atoms with Crippen LogP contribution in [0, 0.1) is 0 Å². The highest BCUT2D eigenvalue weighted by atomic mass is 16.5. The molecule has 0 amide bonds. The van der Waals surface area contributed by atoms with Gasteiger partial charge in [-0.2, -0.15) is 5.10 Å². The lowest BCUT2D eigenvalue weighted by Gasteiger charge is -1.88. The van der Waals surface area contributed by atoms with Crippen molar-refractivity contribution < 1.29 is 9.15 Å². The maximum Gasteiger partial charge on any atom is 0.265 e. The Kier molecular flexibility index (Phi) is 2.05. The Labute approximate surface area is 73.9 Å². The number of rotatable bonds is 3. The van der Waals surface area contributed by atoms with E-state index in [0.717, 1.165) is 0 Å². The standard InChI is InChI=1S/C7H8N4O2/c1-12-4-6-10-11-7(13-6)5-2-3-8-9-5/h2-3H,4H2,1H3,(H,8,9). The average Bonchev–Trinajstić information content (AvgIpc) is 2.70. The van der Waals surface area contributed by atoms with E-state index in [4.69, 9.17) is 9.15 Å². The molecule has 0 fully saturated rings. The van der Waals surface area contributed by atoms with Crippen LogP contribution < -0.4 is 0 Å². The molecule has 2 heterocycles. The topological polar surface area (TPSA) is 76.8 Å². The Bertz CT molecular complexity index is 368. The number of hydrogen-bond acceptors (Lipinski definition) is 5. The van der Waals surface area contributed by atoms with E-state index in [1.165, 1.54) is 0 Å². The van der Waals surface area contributed by atoms with Crippen molar-refractivity contribution in [3.8, 4) is 11.6 Å².